The maximum atomic E-state index is 12.1. The summed E-state index contributed by atoms with van der Waals surface area (Å²) in [5.74, 6) is -1.61. The minimum atomic E-state index is -1.12. The lowest BCUT2D eigenvalue weighted by Gasteiger charge is -2.14. The summed E-state index contributed by atoms with van der Waals surface area (Å²) in [6.07, 6.45) is -1.22. The van der Waals surface area contributed by atoms with Crippen LogP contribution >= 0.6 is 22.9 Å². The Kier molecular flexibility index (Phi) is 7.47. The van der Waals surface area contributed by atoms with Gasteiger partial charge in [-0.15, -0.1) is 0 Å². The van der Waals surface area contributed by atoms with Crippen molar-refractivity contribution in [2.75, 3.05) is 11.9 Å². The summed E-state index contributed by atoms with van der Waals surface area (Å²) in [5.41, 5.74) is 0.446. The minimum Gasteiger partial charge on any atom is -0.452 e. The molecule has 1 aromatic heterocycles. The van der Waals surface area contributed by atoms with Crippen LogP contribution in [0.25, 0.3) is 0 Å². The molecule has 0 saturated carbocycles. The minimum absolute atomic E-state index is 0.0165. The van der Waals surface area contributed by atoms with Crippen LogP contribution in [0.15, 0.2) is 35.0 Å². The average molecular weight is 426 g/mol. The van der Waals surface area contributed by atoms with E-state index in [0.29, 0.717) is 5.56 Å². The molecular weight excluding hydrogens is 410 g/mol. The molecule has 0 aliphatic carbocycles. The van der Waals surface area contributed by atoms with Crippen molar-refractivity contribution in [3.8, 4) is 0 Å². The van der Waals surface area contributed by atoms with Crippen LogP contribution in [0.2, 0.25) is 5.02 Å². The number of nitrogens with zero attached hydrogens (tertiary/aromatic N) is 1. The fraction of sp³-hybridized carbons (Fsp3) is 0.235. The van der Waals surface area contributed by atoms with Crippen molar-refractivity contribution in [3.63, 3.8) is 0 Å². The van der Waals surface area contributed by atoms with Crippen LogP contribution in [0.5, 0.6) is 0 Å². The van der Waals surface area contributed by atoms with Crippen molar-refractivity contribution in [1.82, 2.24) is 5.32 Å². The molecule has 2 aromatic rings. The molecule has 148 valence electrons. The number of esters is 1. The van der Waals surface area contributed by atoms with Crippen molar-refractivity contribution in [3.05, 3.63) is 55.7 Å². The fourth-order valence-corrected chi connectivity index (χ4v) is 2.89. The maximum Gasteiger partial charge on any atom is 0.308 e. The van der Waals surface area contributed by atoms with Gasteiger partial charge in [-0.05, 0) is 24.4 Å². The summed E-state index contributed by atoms with van der Waals surface area (Å²) in [6, 6.07) is 5.24. The van der Waals surface area contributed by atoms with E-state index in [9.17, 15) is 24.5 Å². The van der Waals surface area contributed by atoms with Gasteiger partial charge in [0.25, 0.3) is 17.5 Å². The van der Waals surface area contributed by atoms with E-state index in [4.69, 9.17) is 16.3 Å². The van der Waals surface area contributed by atoms with Gasteiger partial charge < -0.3 is 15.4 Å². The lowest BCUT2D eigenvalue weighted by atomic mass is 10.2. The molecule has 11 heteroatoms. The number of amides is 2. The molecule has 2 N–H and O–H groups in total. The summed E-state index contributed by atoms with van der Waals surface area (Å²) in [4.78, 5) is 45.7. The number of benzene rings is 1. The molecule has 2 amide bonds. The van der Waals surface area contributed by atoms with Gasteiger partial charge >= 0.3 is 5.97 Å². The molecule has 0 radical (unpaired) electrons. The highest BCUT2D eigenvalue weighted by atomic mass is 35.5. The Bertz CT molecular complexity index is 887. The third-order valence-electron chi connectivity index (χ3n) is 3.50. The van der Waals surface area contributed by atoms with E-state index in [1.807, 2.05) is 0 Å². The molecule has 0 fully saturated rings. The molecule has 1 unspecified atom stereocenters. The first-order valence-corrected chi connectivity index (χ1v) is 9.34. The van der Waals surface area contributed by atoms with E-state index in [1.165, 1.54) is 30.4 Å². The Morgan fingerprint density at radius 2 is 2.07 bits per heavy atom. The zero-order valence-corrected chi connectivity index (χ0v) is 16.2. The van der Waals surface area contributed by atoms with E-state index >= 15 is 0 Å². The molecule has 1 heterocycles. The smallest absolute Gasteiger partial charge is 0.308 e. The quantitative estimate of drug-likeness (QED) is 0.380. The molecule has 2 rings (SSSR count). The van der Waals surface area contributed by atoms with Gasteiger partial charge in [0, 0.05) is 29.6 Å². The lowest BCUT2D eigenvalue weighted by Crippen LogP contribution is -2.32. The van der Waals surface area contributed by atoms with E-state index in [-0.39, 0.29) is 35.3 Å². The van der Waals surface area contributed by atoms with Gasteiger partial charge in [-0.1, -0.05) is 11.6 Å². The second-order valence-electron chi connectivity index (χ2n) is 5.56. The molecule has 9 nitrogen and oxygen atoms in total. The highest BCUT2D eigenvalue weighted by Gasteiger charge is 2.20. The summed E-state index contributed by atoms with van der Waals surface area (Å²) < 4.78 is 5.01. The molecule has 28 heavy (non-hydrogen) atoms. The number of non-ortho nitro benzene ring substituents is 1. The largest absolute Gasteiger partial charge is 0.452 e. The summed E-state index contributed by atoms with van der Waals surface area (Å²) >= 11 is 7.29. The van der Waals surface area contributed by atoms with Crippen LogP contribution in [-0.4, -0.2) is 35.4 Å². The molecule has 0 saturated heterocycles. The van der Waals surface area contributed by atoms with Crippen molar-refractivity contribution < 1.29 is 24.0 Å². The molecule has 0 aliphatic heterocycles. The number of nitro benzene ring substituents is 1. The average Bonchev–Trinajstić information content (AvgIpc) is 3.17. The number of anilines is 1. The normalized spacial score (nSPS) is 11.4. The van der Waals surface area contributed by atoms with Crippen LogP contribution < -0.4 is 10.6 Å². The number of hydrogen-bond acceptors (Lipinski definition) is 7. The number of hydrogen-bond donors (Lipinski definition) is 2. The van der Waals surface area contributed by atoms with Gasteiger partial charge in [0.15, 0.2) is 6.10 Å². The van der Waals surface area contributed by atoms with Gasteiger partial charge in [0.1, 0.15) is 0 Å². The van der Waals surface area contributed by atoms with Crippen molar-refractivity contribution >= 4 is 52.1 Å². The Balaban J connectivity index is 1.79. The predicted molar refractivity (Wildman–Crippen MR) is 104 cm³/mol. The Hall–Kier alpha value is -2.98. The molecule has 0 spiro atoms. The van der Waals surface area contributed by atoms with Crippen LogP contribution in [0.3, 0.4) is 0 Å². The van der Waals surface area contributed by atoms with Crippen LogP contribution in [0, 0.1) is 10.1 Å². The number of rotatable bonds is 8. The van der Waals surface area contributed by atoms with Gasteiger partial charge in [-0.25, -0.2) is 0 Å². The number of halogens is 1. The number of carbonyl (C=O) groups is 3. The SMILES string of the molecule is CC(OC(=O)CCNC(=O)c1ccsc1)C(=O)Nc1ccc([N+](=O)[O-])cc1Cl. The fourth-order valence-electron chi connectivity index (χ4n) is 2.04. The van der Waals surface area contributed by atoms with Crippen molar-refractivity contribution in [2.45, 2.75) is 19.4 Å². The summed E-state index contributed by atoms with van der Waals surface area (Å²) in [6.45, 7) is 1.44. The van der Waals surface area contributed by atoms with Crippen LogP contribution in [-0.2, 0) is 14.3 Å². The summed E-state index contributed by atoms with van der Waals surface area (Å²) in [7, 11) is 0. The lowest BCUT2D eigenvalue weighted by molar-refractivity contribution is -0.384. The Labute approximate surface area is 168 Å². The molecule has 0 bridgehead atoms. The van der Waals surface area contributed by atoms with Crippen molar-refractivity contribution in [1.29, 1.82) is 0 Å². The first-order chi connectivity index (χ1) is 13.3. The highest BCUT2D eigenvalue weighted by Crippen LogP contribution is 2.26. The van der Waals surface area contributed by atoms with Crippen LogP contribution in [0.4, 0.5) is 11.4 Å². The zero-order valence-electron chi connectivity index (χ0n) is 14.6. The van der Waals surface area contributed by atoms with Gasteiger partial charge in [0.05, 0.1) is 22.1 Å². The van der Waals surface area contributed by atoms with E-state index < -0.39 is 22.9 Å². The Morgan fingerprint density at radius 3 is 2.68 bits per heavy atom. The number of nitrogens with one attached hydrogen (secondary N) is 2. The molecule has 1 atom stereocenters. The standard InChI is InChI=1S/C17H16ClN3O6S/c1-10(16(23)20-14-3-2-12(21(25)26)8-13(14)18)27-15(22)4-6-19-17(24)11-5-7-28-9-11/h2-3,5,7-10H,4,6H2,1H3,(H,19,24)(H,20,23). The predicted octanol–water partition coefficient (Wildman–Crippen LogP) is 3.00. The molecule has 0 aliphatic rings. The Morgan fingerprint density at radius 1 is 1.32 bits per heavy atom. The first kappa shape index (κ1) is 21.3. The molecular formula is C17H16ClN3O6S. The monoisotopic (exact) mass is 425 g/mol. The van der Waals surface area contributed by atoms with Crippen molar-refractivity contribution in [2.24, 2.45) is 0 Å². The summed E-state index contributed by atoms with van der Waals surface area (Å²) in [5, 5.41) is 19.1. The van der Waals surface area contributed by atoms with Gasteiger partial charge in [0.2, 0.25) is 0 Å². The zero-order chi connectivity index (χ0) is 20.7. The van der Waals surface area contributed by atoms with Gasteiger partial charge in [-0.3, -0.25) is 24.5 Å². The van der Waals surface area contributed by atoms with E-state index in [2.05, 4.69) is 10.6 Å². The van der Waals surface area contributed by atoms with Crippen LogP contribution in [0.1, 0.15) is 23.7 Å². The van der Waals surface area contributed by atoms with E-state index in [1.54, 1.807) is 16.8 Å². The third-order valence-corrected chi connectivity index (χ3v) is 4.49. The topological polar surface area (TPSA) is 128 Å². The number of carbonyl (C=O) groups excluding carboxylic acids is 3. The first-order valence-electron chi connectivity index (χ1n) is 8.02. The third kappa shape index (κ3) is 6.03. The van der Waals surface area contributed by atoms with Gasteiger partial charge in [-0.2, -0.15) is 11.3 Å². The maximum absolute atomic E-state index is 12.1. The highest BCUT2D eigenvalue weighted by molar-refractivity contribution is 7.08. The second-order valence-corrected chi connectivity index (χ2v) is 6.75. The number of nitro groups is 1. The number of ether oxygens (including phenoxy) is 1. The number of thiophene rings is 1. The molecule has 1 aromatic carbocycles. The van der Waals surface area contributed by atoms with E-state index in [0.717, 1.165) is 6.07 Å². The second kappa shape index (κ2) is 9.81.